The fourth-order valence-electron chi connectivity index (χ4n) is 1.03. The molecule has 0 radical (unpaired) electrons. The topological polar surface area (TPSA) is 85.1 Å². The number of nitrogen functional groups attached to an aromatic ring is 1. The number of pyridine rings is 1. The van der Waals surface area contributed by atoms with Crippen LogP contribution in [-0.2, 0) is 10.0 Å². The highest BCUT2D eigenvalue weighted by Gasteiger charge is 2.20. The van der Waals surface area contributed by atoms with Gasteiger partial charge in [0.2, 0.25) is 0 Å². The molecule has 1 aromatic rings. The summed E-state index contributed by atoms with van der Waals surface area (Å²) in [6, 6.07) is 2.98. The van der Waals surface area contributed by atoms with Crippen LogP contribution in [0.1, 0.15) is 20.3 Å². The van der Waals surface area contributed by atoms with Crippen molar-refractivity contribution in [2.75, 3.05) is 5.73 Å². The zero-order valence-corrected chi connectivity index (χ0v) is 9.58. The number of hydrogen-bond donors (Lipinski definition) is 2. The molecule has 3 N–H and O–H groups in total. The van der Waals surface area contributed by atoms with Gasteiger partial charge in [0.25, 0.3) is 10.0 Å². The summed E-state index contributed by atoms with van der Waals surface area (Å²) in [6.07, 6.45) is 2.12. The van der Waals surface area contributed by atoms with E-state index in [9.17, 15) is 8.42 Å². The Kier molecular flexibility index (Phi) is 3.65. The lowest BCUT2D eigenvalue weighted by Gasteiger charge is -2.12. The highest BCUT2D eigenvalue weighted by Crippen LogP contribution is 2.14. The SMILES string of the molecule is CCC(C)NS(=O)(=O)c1ncccc1N. The van der Waals surface area contributed by atoms with Crippen LogP contribution in [0, 0.1) is 0 Å². The van der Waals surface area contributed by atoms with Gasteiger partial charge in [-0.2, -0.15) is 0 Å². The Bertz CT molecular complexity index is 431. The Balaban J connectivity index is 3.02. The van der Waals surface area contributed by atoms with Gasteiger partial charge in [0.05, 0.1) is 5.69 Å². The minimum Gasteiger partial charge on any atom is -0.396 e. The first-order valence-corrected chi connectivity index (χ1v) is 6.18. The number of anilines is 1. The van der Waals surface area contributed by atoms with Crippen molar-refractivity contribution in [3.63, 3.8) is 0 Å². The summed E-state index contributed by atoms with van der Waals surface area (Å²) in [6.45, 7) is 3.69. The number of nitrogens with one attached hydrogen (secondary N) is 1. The molecule has 0 spiro atoms. The molecule has 0 saturated heterocycles. The van der Waals surface area contributed by atoms with Crippen LogP contribution in [0.5, 0.6) is 0 Å². The van der Waals surface area contributed by atoms with Crippen molar-refractivity contribution >= 4 is 15.7 Å². The van der Waals surface area contributed by atoms with Gasteiger partial charge < -0.3 is 5.73 Å². The van der Waals surface area contributed by atoms with Crippen LogP contribution >= 0.6 is 0 Å². The summed E-state index contributed by atoms with van der Waals surface area (Å²) in [4.78, 5) is 3.76. The second-order valence-electron chi connectivity index (χ2n) is 3.33. The number of hydrogen-bond acceptors (Lipinski definition) is 4. The number of nitrogens with two attached hydrogens (primary N) is 1. The van der Waals surface area contributed by atoms with Gasteiger partial charge in [0.15, 0.2) is 5.03 Å². The van der Waals surface area contributed by atoms with Gasteiger partial charge in [-0.15, -0.1) is 0 Å². The zero-order valence-electron chi connectivity index (χ0n) is 8.77. The van der Waals surface area contributed by atoms with Crippen LogP contribution in [0.4, 0.5) is 5.69 Å². The molecule has 5 nitrogen and oxygen atoms in total. The largest absolute Gasteiger partial charge is 0.396 e. The predicted octanol–water partition coefficient (Wildman–Crippen LogP) is 0.741. The molecule has 6 heteroatoms. The quantitative estimate of drug-likeness (QED) is 0.797. The average Bonchev–Trinajstić information content (AvgIpc) is 2.17. The molecular weight excluding hydrogens is 214 g/mol. The van der Waals surface area contributed by atoms with E-state index in [0.717, 1.165) is 0 Å². The van der Waals surface area contributed by atoms with Gasteiger partial charge in [-0.25, -0.2) is 18.1 Å². The molecule has 0 aliphatic carbocycles. The molecule has 0 aromatic carbocycles. The Labute approximate surface area is 89.8 Å². The Morgan fingerprint density at radius 2 is 2.27 bits per heavy atom. The normalized spacial score (nSPS) is 13.7. The second-order valence-corrected chi connectivity index (χ2v) is 4.96. The van der Waals surface area contributed by atoms with Crippen molar-refractivity contribution in [2.24, 2.45) is 0 Å². The standard InChI is InChI=1S/C9H15N3O2S/c1-3-7(2)12-15(13,14)9-8(10)5-4-6-11-9/h4-7,12H,3,10H2,1-2H3. The lowest BCUT2D eigenvalue weighted by molar-refractivity contribution is 0.553. The minimum absolute atomic E-state index is 0.106. The second kappa shape index (κ2) is 4.59. The smallest absolute Gasteiger partial charge is 0.260 e. The fourth-order valence-corrected chi connectivity index (χ4v) is 2.42. The number of rotatable bonds is 4. The van der Waals surface area contributed by atoms with Crippen molar-refractivity contribution in [3.8, 4) is 0 Å². The van der Waals surface area contributed by atoms with E-state index in [2.05, 4.69) is 9.71 Å². The van der Waals surface area contributed by atoms with Gasteiger partial charge in [0.1, 0.15) is 0 Å². The lowest BCUT2D eigenvalue weighted by Crippen LogP contribution is -2.33. The molecule has 1 unspecified atom stereocenters. The lowest BCUT2D eigenvalue weighted by atomic mass is 10.3. The summed E-state index contributed by atoms with van der Waals surface area (Å²) in [5.41, 5.74) is 5.70. The first kappa shape index (κ1) is 11.9. The minimum atomic E-state index is -3.59. The maximum absolute atomic E-state index is 11.8. The molecule has 0 amide bonds. The summed E-state index contributed by atoms with van der Waals surface area (Å²) in [5.74, 6) is 0. The molecule has 1 aromatic heterocycles. The van der Waals surface area contributed by atoms with Crippen molar-refractivity contribution in [1.29, 1.82) is 0 Å². The predicted molar refractivity (Wildman–Crippen MR) is 58.7 cm³/mol. The van der Waals surface area contributed by atoms with Crippen molar-refractivity contribution < 1.29 is 8.42 Å². The van der Waals surface area contributed by atoms with Gasteiger partial charge in [-0.3, -0.25) is 0 Å². The van der Waals surface area contributed by atoms with Crippen LogP contribution in [0.25, 0.3) is 0 Å². The van der Waals surface area contributed by atoms with Crippen molar-refractivity contribution in [1.82, 2.24) is 9.71 Å². The molecule has 0 saturated carbocycles. The van der Waals surface area contributed by atoms with E-state index in [-0.39, 0.29) is 16.8 Å². The number of aromatic nitrogens is 1. The van der Waals surface area contributed by atoms with Gasteiger partial charge >= 0.3 is 0 Å². The zero-order chi connectivity index (χ0) is 11.5. The Hall–Kier alpha value is -1.14. The molecular formula is C9H15N3O2S. The van der Waals surface area contributed by atoms with Crippen LogP contribution in [-0.4, -0.2) is 19.4 Å². The van der Waals surface area contributed by atoms with E-state index in [0.29, 0.717) is 6.42 Å². The van der Waals surface area contributed by atoms with Crippen LogP contribution < -0.4 is 10.5 Å². The van der Waals surface area contributed by atoms with E-state index in [1.54, 1.807) is 13.0 Å². The summed E-state index contributed by atoms with van der Waals surface area (Å²) in [5, 5.41) is -0.106. The third kappa shape index (κ3) is 2.90. The molecule has 0 bridgehead atoms. The maximum atomic E-state index is 11.8. The highest BCUT2D eigenvalue weighted by atomic mass is 32.2. The third-order valence-corrected chi connectivity index (χ3v) is 3.59. The average molecular weight is 229 g/mol. The van der Waals surface area contributed by atoms with Gasteiger partial charge in [-0.05, 0) is 25.5 Å². The van der Waals surface area contributed by atoms with Crippen LogP contribution in [0.2, 0.25) is 0 Å². The molecule has 1 rings (SSSR count). The van der Waals surface area contributed by atoms with Crippen molar-refractivity contribution in [2.45, 2.75) is 31.3 Å². The number of sulfonamides is 1. The van der Waals surface area contributed by atoms with E-state index in [1.165, 1.54) is 12.3 Å². The summed E-state index contributed by atoms with van der Waals surface area (Å²) >= 11 is 0. The fraction of sp³-hybridized carbons (Fsp3) is 0.444. The highest BCUT2D eigenvalue weighted by molar-refractivity contribution is 7.89. The summed E-state index contributed by atoms with van der Waals surface area (Å²) < 4.78 is 26.0. The van der Waals surface area contributed by atoms with E-state index < -0.39 is 10.0 Å². The van der Waals surface area contributed by atoms with E-state index >= 15 is 0 Å². The van der Waals surface area contributed by atoms with Gasteiger partial charge in [0, 0.05) is 12.2 Å². The maximum Gasteiger partial charge on any atom is 0.260 e. The molecule has 0 fully saturated rings. The molecule has 1 heterocycles. The first-order chi connectivity index (χ1) is 6.97. The van der Waals surface area contributed by atoms with Gasteiger partial charge in [-0.1, -0.05) is 6.92 Å². The molecule has 0 aliphatic heterocycles. The van der Waals surface area contributed by atoms with Crippen LogP contribution in [0.15, 0.2) is 23.4 Å². The molecule has 15 heavy (non-hydrogen) atoms. The summed E-state index contributed by atoms with van der Waals surface area (Å²) in [7, 11) is -3.59. The third-order valence-electron chi connectivity index (χ3n) is 2.02. The number of nitrogens with zero attached hydrogens (tertiary/aromatic N) is 1. The first-order valence-electron chi connectivity index (χ1n) is 4.70. The Morgan fingerprint density at radius 3 is 2.80 bits per heavy atom. The van der Waals surface area contributed by atoms with E-state index in [4.69, 9.17) is 5.73 Å². The Morgan fingerprint density at radius 1 is 1.60 bits per heavy atom. The molecule has 0 aliphatic rings. The van der Waals surface area contributed by atoms with Crippen LogP contribution in [0.3, 0.4) is 0 Å². The van der Waals surface area contributed by atoms with E-state index in [1.807, 2.05) is 6.92 Å². The molecule has 84 valence electrons. The van der Waals surface area contributed by atoms with Crippen molar-refractivity contribution in [3.05, 3.63) is 18.3 Å². The monoisotopic (exact) mass is 229 g/mol. The molecule has 1 atom stereocenters.